The van der Waals surface area contributed by atoms with E-state index >= 15 is 17.6 Å². The van der Waals surface area contributed by atoms with Gasteiger partial charge < -0.3 is 0 Å². The molecule has 0 aromatic heterocycles. The number of aryl methyl sites for hydroxylation is 2. The van der Waals surface area contributed by atoms with Crippen molar-refractivity contribution in [3.8, 4) is 0 Å². The largest absolute Gasteiger partial charge is 0.384 e. The Hall–Kier alpha value is -3.24. The fourth-order valence-electron chi connectivity index (χ4n) is 4.97. The summed E-state index contributed by atoms with van der Waals surface area (Å²) < 4.78 is 337. The number of halogens is 24. The zero-order chi connectivity index (χ0) is 42.7. The topological polar surface area (TPSA) is 0 Å². The number of hydrogen-bond donors (Lipinski definition) is 0. The normalized spacial score (nSPS) is 16.3. The van der Waals surface area contributed by atoms with Gasteiger partial charge in [0.2, 0.25) is 0 Å². The van der Waals surface area contributed by atoms with Gasteiger partial charge in [-0.05, 0) is 36.8 Å². The molecule has 0 aliphatic carbocycles. The summed E-state index contributed by atoms with van der Waals surface area (Å²) in [4.78, 5) is 0. The van der Waals surface area contributed by atoms with Crippen LogP contribution in [-0.4, -0.2) is 72.1 Å². The van der Waals surface area contributed by atoms with Gasteiger partial charge in [0.1, 0.15) is 0 Å². The van der Waals surface area contributed by atoms with Crippen molar-refractivity contribution in [2.75, 3.05) is 0 Å². The Balaban J connectivity index is 2.94. The second-order valence-electron chi connectivity index (χ2n) is 12.1. The number of benzene rings is 2. The zero-order valence-corrected chi connectivity index (χ0v) is 26.4. The summed E-state index contributed by atoms with van der Waals surface area (Å²) in [5.41, 5.74) is -2.23. The molecule has 310 valence electrons. The Kier molecular flexibility index (Phi) is 12.5. The van der Waals surface area contributed by atoms with Crippen molar-refractivity contribution in [1.29, 1.82) is 0 Å². The molecule has 2 unspecified atom stereocenters. The highest BCUT2D eigenvalue weighted by Crippen LogP contribution is 2.63. The van der Waals surface area contributed by atoms with Gasteiger partial charge in [-0.1, -0.05) is 59.7 Å². The maximum atomic E-state index is 15.3. The first-order chi connectivity index (χ1) is 23.8. The summed E-state index contributed by atoms with van der Waals surface area (Å²) in [7, 11) is 0. The zero-order valence-electron chi connectivity index (χ0n) is 26.4. The van der Waals surface area contributed by atoms with E-state index in [0.29, 0.717) is 24.3 Å². The van der Waals surface area contributed by atoms with Gasteiger partial charge in [0.05, 0.1) is 0 Å². The van der Waals surface area contributed by atoms with Crippen LogP contribution in [0.15, 0.2) is 48.5 Å². The molecule has 0 saturated carbocycles. The first-order valence-corrected chi connectivity index (χ1v) is 14.3. The third-order valence-corrected chi connectivity index (χ3v) is 8.33. The molecule has 0 heterocycles. The molecule has 0 radical (unpaired) electrons. The third kappa shape index (κ3) is 7.38. The van der Waals surface area contributed by atoms with E-state index in [1.54, 1.807) is 0 Å². The standard InChI is InChI=1S/C30H22F24/c1-13-3-7-15(8-4-13)17(11-21(35,36)25(43,44)29(51,52)27(47,48)23(39,40)19(31)32)18(16-9-5-14(2)6-10-16)12-22(37,38)26(45,46)30(53,54)28(49,50)24(41,42)20(33)34/h3-10,17-20H,11-12H2,1-2H3. The summed E-state index contributed by atoms with van der Waals surface area (Å²) in [5.74, 6) is -83.8. The van der Waals surface area contributed by atoms with E-state index in [0.717, 1.165) is 38.1 Å². The van der Waals surface area contributed by atoms with Crippen LogP contribution in [0.25, 0.3) is 0 Å². The van der Waals surface area contributed by atoms with Crippen LogP contribution in [0.5, 0.6) is 0 Å². The molecule has 0 N–H and O–H groups in total. The van der Waals surface area contributed by atoms with Crippen molar-refractivity contribution in [3.63, 3.8) is 0 Å². The second-order valence-corrected chi connectivity index (χ2v) is 12.1. The third-order valence-electron chi connectivity index (χ3n) is 8.33. The van der Waals surface area contributed by atoms with Crippen LogP contribution >= 0.6 is 0 Å². The van der Waals surface area contributed by atoms with E-state index in [9.17, 15) is 87.8 Å². The van der Waals surface area contributed by atoms with Gasteiger partial charge in [0.25, 0.3) is 0 Å². The molecule has 0 fully saturated rings. The Morgan fingerprint density at radius 3 is 0.778 bits per heavy atom. The SMILES string of the molecule is Cc1ccc(C(CC(F)(F)C(F)(F)C(F)(F)C(F)(F)C(F)(F)C(F)F)C(CC(F)(F)C(F)(F)C(F)(F)C(F)(F)C(F)(F)C(F)F)c2ccc(C)cc2)cc1. The molecule has 2 aromatic rings. The summed E-state index contributed by atoms with van der Waals surface area (Å²) >= 11 is 0. The van der Waals surface area contributed by atoms with Crippen LogP contribution in [0.3, 0.4) is 0 Å². The van der Waals surface area contributed by atoms with Crippen molar-refractivity contribution < 1.29 is 105 Å². The quantitative estimate of drug-likeness (QED) is 0.139. The minimum absolute atomic E-state index is 0.0422. The molecule has 0 saturated heterocycles. The molecule has 0 spiro atoms. The molecule has 0 aliphatic rings. The second kappa shape index (κ2) is 14.4. The van der Waals surface area contributed by atoms with Crippen LogP contribution < -0.4 is 0 Å². The molecule has 54 heavy (non-hydrogen) atoms. The Bertz CT molecular complexity index is 1440. The van der Waals surface area contributed by atoms with Crippen LogP contribution in [0.1, 0.15) is 46.9 Å². The molecular formula is C30H22F24. The van der Waals surface area contributed by atoms with E-state index in [-0.39, 0.29) is 11.1 Å². The van der Waals surface area contributed by atoms with Crippen molar-refractivity contribution >= 4 is 0 Å². The Labute approximate surface area is 287 Å². The van der Waals surface area contributed by atoms with E-state index < -0.39 is 108 Å². The van der Waals surface area contributed by atoms with Crippen molar-refractivity contribution in [3.05, 3.63) is 70.8 Å². The predicted octanol–water partition coefficient (Wildman–Crippen LogP) is 12.8. The van der Waals surface area contributed by atoms with E-state index in [4.69, 9.17) is 0 Å². The molecular weight excluding hydrogens is 816 g/mol. The van der Waals surface area contributed by atoms with Gasteiger partial charge in [-0.3, -0.25) is 0 Å². The highest BCUT2D eigenvalue weighted by molar-refractivity contribution is 5.33. The van der Waals surface area contributed by atoms with E-state index in [1.165, 1.54) is 0 Å². The van der Waals surface area contributed by atoms with Crippen LogP contribution in [-0.2, 0) is 0 Å². The maximum Gasteiger partial charge on any atom is 0.384 e. The maximum absolute atomic E-state index is 15.3. The fourth-order valence-corrected chi connectivity index (χ4v) is 4.97. The molecule has 2 aromatic carbocycles. The van der Waals surface area contributed by atoms with Crippen molar-refractivity contribution in [2.24, 2.45) is 0 Å². The average molecular weight is 838 g/mol. The Morgan fingerprint density at radius 2 is 0.574 bits per heavy atom. The number of rotatable bonds is 17. The molecule has 0 bridgehead atoms. The highest BCUT2D eigenvalue weighted by atomic mass is 19.4. The lowest BCUT2D eigenvalue weighted by atomic mass is 9.72. The van der Waals surface area contributed by atoms with E-state index in [2.05, 4.69) is 0 Å². The summed E-state index contributed by atoms with van der Waals surface area (Å²) in [6.07, 6.45) is -18.5. The van der Waals surface area contributed by atoms with Gasteiger partial charge >= 0.3 is 72.1 Å². The first kappa shape index (κ1) is 46.9. The Morgan fingerprint density at radius 1 is 0.352 bits per heavy atom. The van der Waals surface area contributed by atoms with Crippen molar-refractivity contribution in [1.82, 2.24) is 0 Å². The molecule has 0 aliphatic heterocycles. The van der Waals surface area contributed by atoms with Gasteiger partial charge in [0, 0.05) is 12.8 Å². The van der Waals surface area contributed by atoms with Crippen molar-refractivity contribution in [2.45, 2.75) is 111 Å². The fraction of sp³-hybridized carbons (Fsp3) is 0.600. The number of alkyl halides is 24. The summed E-state index contributed by atoms with van der Waals surface area (Å²) in [5, 5.41) is 0. The smallest absolute Gasteiger partial charge is 0.203 e. The van der Waals surface area contributed by atoms with E-state index in [1.807, 2.05) is 0 Å². The lowest BCUT2D eigenvalue weighted by molar-refractivity contribution is -0.414. The molecule has 0 nitrogen and oxygen atoms in total. The predicted molar refractivity (Wildman–Crippen MR) is 139 cm³/mol. The molecule has 2 atom stereocenters. The molecule has 0 amide bonds. The summed E-state index contributed by atoms with van der Waals surface area (Å²) in [6.45, 7) is 2.33. The molecule has 24 heteroatoms. The highest BCUT2D eigenvalue weighted by Gasteiger charge is 2.89. The lowest BCUT2D eigenvalue weighted by Gasteiger charge is -2.42. The van der Waals surface area contributed by atoms with Gasteiger partial charge in [-0.2, -0.15) is 87.8 Å². The first-order valence-electron chi connectivity index (χ1n) is 14.3. The van der Waals surface area contributed by atoms with Gasteiger partial charge in [-0.25, -0.2) is 17.6 Å². The molecule has 2 rings (SSSR count). The van der Waals surface area contributed by atoms with Gasteiger partial charge in [-0.15, -0.1) is 0 Å². The van der Waals surface area contributed by atoms with Crippen LogP contribution in [0, 0.1) is 13.8 Å². The van der Waals surface area contributed by atoms with Crippen LogP contribution in [0.4, 0.5) is 105 Å². The van der Waals surface area contributed by atoms with Crippen LogP contribution in [0.2, 0.25) is 0 Å². The van der Waals surface area contributed by atoms with Gasteiger partial charge in [0.15, 0.2) is 0 Å². The minimum Gasteiger partial charge on any atom is -0.203 e. The monoisotopic (exact) mass is 838 g/mol. The summed E-state index contributed by atoms with van der Waals surface area (Å²) in [6, 6.07) is 4.89. The minimum atomic E-state index is -8.18. The average Bonchev–Trinajstić information content (AvgIpc) is 3.02. The number of hydrogen-bond acceptors (Lipinski definition) is 0. The lowest BCUT2D eigenvalue weighted by Crippen LogP contribution is -2.69.